The molecule has 2 saturated heterocycles. The molecule has 3 fully saturated rings. The highest BCUT2D eigenvalue weighted by molar-refractivity contribution is 7.88. The Balaban J connectivity index is 1.49. The number of nitrogens with one attached hydrogen (secondary N) is 1. The van der Waals surface area contributed by atoms with Gasteiger partial charge in [0.05, 0.1) is 12.4 Å². The number of hydrogen-bond donors (Lipinski definition) is 1. The fourth-order valence-corrected chi connectivity index (χ4v) is 6.19. The van der Waals surface area contributed by atoms with E-state index in [1.165, 1.54) is 18.2 Å². The zero-order chi connectivity index (χ0) is 23.4. The van der Waals surface area contributed by atoms with Crippen molar-refractivity contribution < 1.29 is 26.3 Å². The number of likely N-dealkylation sites (tertiary alicyclic amines) is 1. The molecule has 0 bridgehead atoms. The Morgan fingerprint density at radius 2 is 1.76 bits per heavy atom. The van der Waals surface area contributed by atoms with Crippen LogP contribution < -0.4 is 4.72 Å². The Labute approximate surface area is 192 Å². The van der Waals surface area contributed by atoms with E-state index < -0.39 is 27.5 Å². The molecule has 3 atom stereocenters. The molecule has 33 heavy (non-hydrogen) atoms. The Morgan fingerprint density at radius 3 is 2.36 bits per heavy atom. The summed E-state index contributed by atoms with van der Waals surface area (Å²) in [5.41, 5.74) is 0.0501. The first-order valence-corrected chi connectivity index (χ1v) is 13.1. The third-order valence-corrected chi connectivity index (χ3v) is 7.93. The average Bonchev–Trinajstić information content (AvgIpc) is 3.44. The van der Waals surface area contributed by atoms with Crippen LogP contribution in [0.25, 0.3) is 11.1 Å². The molecule has 0 amide bonds. The van der Waals surface area contributed by atoms with E-state index in [9.17, 15) is 17.2 Å². The summed E-state index contributed by atoms with van der Waals surface area (Å²) >= 11 is 0. The van der Waals surface area contributed by atoms with E-state index in [1.807, 2.05) is 0 Å². The fourth-order valence-electron chi connectivity index (χ4n) is 5.32. The predicted octanol–water partition coefficient (Wildman–Crippen LogP) is 3.48. The van der Waals surface area contributed by atoms with Crippen LogP contribution >= 0.6 is 0 Å². The van der Waals surface area contributed by atoms with Crippen LogP contribution in [0.2, 0.25) is 0 Å². The van der Waals surface area contributed by atoms with Gasteiger partial charge in [-0.1, -0.05) is 30.3 Å². The van der Waals surface area contributed by atoms with E-state index in [0.717, 1.165) is 44.7 Å². The molecule has 1 spiro atoms. The first-order chi connectivity index (χ1) is 15.7. The smallest absolute Gasteiger partial charge is 0.209 e. The summed E-state index contributed by atoms with van der Waals surface area (Å²) in [6, 6.07) is 7.76. The number of ether oxygens (including phenoxy) is 1. The topological polar surface area (TPSA) is 58.6 Å². The lowest BCUT2D eigenvalue weighted by Crippen LogP contribution is -2.50. The number of rotatable bonds is 7. The maximum atomic E-state index is 15.6. The zero-order valence-electron chi connectivity index (χ0n) is 18.4. The average molecular weight is 481 g/mol. The molecule has 5 nitrogen and oxygen atoms in total. The first-order valence-electron chi connectivity index (χ1n) is 11.2. The molecule has 2 aromatic carbocycles. The van der Waals surface area contributed by atoms with Gasteiger partial charge in [-0.15, -0.1) is 0 Å². The van der Waals surface area contributed by atoms with Crippen molar-refractivity contribution in [3.63, 3.8) is 0 Å². The quantitative estimate of drug-likeness (QED) is 0.659. The highest BCUT2D eigenvalue weighted by Crippen LogP contribution is 2.55. The number of hydrogen-bond acceptors (Lipinski definition) is 4. The van der Waals surface area contributed by atoms with Gasteiger partial charge in [0.2, 0.25) is 10.0 Å². The van der Waals surface area contributed by atoms with E-state index in [4.69, 9.17) is 4.74 Å². The van der Waals surface area contributed by atoms with Gasteiger partial charge in [0, 0.05) is 48.3 Å². The highest BCUT2D eigenvalue weighted by atomic mass is 32.2. The third-order valence-electron chi connectivity index (χ3n) is 7.25. The van der Waals surface area contributed by atoms with E-state index in [2.05, 4.69) is 9.62 Å². The number of sulfonamides is 1. The molecule has 1 aliphatic carbocycles. The summed E-state index contributed by atoms with van der Waals surface area (Å²) in [6.07, 6.45) is 4.26. The van der Waals surface area contributed by atoms with Gasteiger partial charge in [0.15, 0.2) is 11.6 Å². The number of benzene rings is 2. The number of nitrogens with zero attached hydrogens (tertiary/aromatic N) is 1. The standard InChI is InChI=1S/C24H27F3N2O3S/c1-33(30,31)28-23-20(29(13-16-8-11-32-16)14-24(23)9-10-24)12-15-4-2-5-17(21(15)26)18-6-3-7-19(25)22(18)27/h2-7,16,20,23,28H,8-14H2,1H3/t16?,20-,23+/m0/s1. The van der Waals surface area contributed by atoms with Crippen molar-refractivity contribution in [3.8, 4) is 11.1 Å². The third kappa shape index (κ3) is 4.43. The Morgan fingerprint density at radius 1 is 1.09 bits per heavy atom. The Bertz CT molecular complexity index is 1170. The highest BCUT2D eigenvalue weighted by Gasteiger charge is 2.60. The minimum Gasteiger partial charge on any atom is -0.377 e. The van der Waals surface area contributed by atoms with Crippen LogP contribution in [0.4, 0.5) is 13.2 Å². The zero-order valence-corrected chi connectivity index (χ0v) is 19.2. The number of halogens is 3. The van der Waals surface area contributed by atoms with E-state index in [0.29, 0.717) is 12.1 Å². The summed E-state index contributed by atoms with van der Waals surface area (Å²) in [6.45, 7) is 2.11. The predicted molar refractivity (Wildman–Crippen MR) is 119 cm³/mol. The minimum absolute atomic E-state index is 0.00914. The molecule has 1 N–H and O–H groups in total. The Hall–Kier alpha value is -1.94. The summed E-state index contributed by atoms with van der Waals surface area (Å²) in [7, 11) is -3.47. The van der Waals surface area contributed by atoms with Crippen molar-refractivity contribution in [3.05, 3.63) is 59.4 Å². The summed E-state index contributed by atoms with van der Waals surface area (Å²) in [5, 5.41) is 0. The van der Waals surface area contributed by atoms with Crippen LogP contribution in [0.5, 0.6) is 0 Å². The first kappa shape index (κ1) is 22.8. The molecule has 3 aliphatic rings. The van der Waals surface area contributed by atoms with Gasteiger partial charge >= 0.3 is 0 Å². The largest absolute Gasteiger partial charge is 0.377 e. The Kier molecular flexibility index (Phi) is 5.79. The van der Waals surface area contributed by atoms with Crippen LogP contribution in [0.1, 0.15) is 24.8 Å². The van der Waals surface area contributed by atoms with Crippen molar-refractivity contribution in [2.24, 2.45) is 5.41 Å². The molecule has 1 saturated carbocycles. The maximum Gasteiger partial charge on any atom is 0.209 e. The van der Waals surface area contributed by atoms with E-state index >= 15 is 4.39 Å². The van der Waals surface area contributed by atoms with Crippen LogP contribution in [0, 0.1) is 22.9 Å². The van der Waals surface area contributed by atoms with Crippen molar-refractivity contribution in [1.29, 1.82) is 0 Å². The minimum atomic E-state index is -3.47. The van der Waals surface area contributed by atoms with Crippen molar-refractivity contribution in [1.82, 2.24) is 9.62 Å². The van der Waals surface area contributed by atoms with Crippen molar-refractivity contribution in [2.45, 2.75) is 43.9 Å². The molecule has 9 heteroatoms. The molecule has 0 aromatic heterocycles. The second-order valence-electron chi connectivity index (χ2n) is 9.59. The summed E-state index contributed by atoms with van der Waals surface area (Å²) in [5.74, 6) is -2.74. The monoisotopic (exact) mass is 480 g/mol. The van der Waals surface area contributed by atoms with Gasteiger partial charge in [-0.25, -0.2) is 26.3 Å². The van der Waals surface area contributed by atoms with Crippen LogP contribution in [0.15, 0.2) is 36.4 Å². The van der Waals surface area contributed by atoms with Crippen molar-refractivity contribution >= 4 is 10.0 Å². The van der Waals surface area contributed by atoms with E-state index in [-0.39, 0.29) is 41.2 Å². The molecule has 2 aliphatic heterocycles. The molecule has 2 heterocycles. The molecule has 5 rings (SSSR count). The van der Waals surface area contributed by atoms with Crippen LogP contribution in [-0.2, 0) is 21.2 Å². The second kappa shape index (κ2) is 8.37. The van der Waals surface area contributed by atoms with Gasteiger partial charge in [-0.2, -0.15) is 0 Å². The SMILES string of the molecule is CS(=O)(=O)N[C@@H]1[C@H](Cc2cccc(-c3cccc(F)c3F)c2F)N(CC2CCO2)CC12CC2. The normalized spacial score (nSPS) is 26.5. The van der Waals surface area contributed by atoms with Crippen LogP contribution in [-0.4, -0.2) is 57.5 Å². The fraction of sp³-hybridized carbons (Fsp3) is 0.500. The molecule has 0 radical (unpaired) electrons. The lowest BCUT2D eigenvalue weighted by Gasteiger charge is -2.35. The lowest BCUT2D eigenvalue weighted by atomic mass is 9.91. The van der Waals surface area contributed by atoms with Gasteiger partial charge in [0.1, 0.15) is 5.82 Å². The molecule has 1 unspecified atom stereocenters. The maximum absolute atomic E-state index is 15.6. The van der Waals surface area contributed by atoms with Gasteiger partial charge in [-0.05, 0) is 37.3 Å². The molecular formula is C24H27F3N2O3S. The van der Waals surface area contributed by atoms with Crippen LogP contribution in [0.3, 0.4) is 0 Å². The second-order valence-corrected chi connectivity index (χ2v) is 11.4. The summed E-state index contributed by atoms with van der Waals surface area (Å²) < 4.78 is 76.5. The van der Waals surface area contributed by atoms with Crippen molar-refractivity contribution in [2.75, 3.05) is 26.0 Å². The van der Waals surface area contributed by atoms with Gasteiger partial charge in [-0.3, -0.25) is 4.90 Å². The van der Waals surface area contributed by atoms with E-state index in [1.54, 1.807) is 12.1 Å². The van der Waals surface area contributed by atoms with Gasteiger partial charge in [0.25, 0.3) is 0 Å². The summed E-state index contributed by atoms with van der Waals surface area (Å²) in [4.78, 5) is 2.22. The van der Waals surface area contributed by atoms with Gasteiger partial charge < -0.3 is 4.74 Å². The molecule has 2 aromatic rings. The lowest BCUT2D eigenvalue weighted by molar-refractivity contribution is -0.0689. The molecule has 178 valence electrons. The molecular weight excluding hydrogens is 453 g/mol.